The molecule has 3 rings (SSSR count). The number of benzene rings is 1. The van der Waals surface area contributed by atoms with Gasteiger partial charge in [-0.1, -0.05) is 19.1 Å². The number of carbonyl (C=O) groups excluding carboxylic acids is 3. The average molecular weight is 370 g/mol. The van der Waals surface area contributed by atoms with Crippen LogP contribution in [0, 0.1) is 0 Å². The molecule has 0 N–H and O–H groups in total. The van der Waals surface area contributed by atoms with Crippen LogP contribution in [0.2, 0.25) is 0 Å². The van der Waals surface area contributed by atoms with Crippen molar-refractivity contribution < 1.29 is 14.4 Å². The second-order valence-electron chi connectivity index (χ2n) is 6.48. The van der Waals surface area contributed by atoms with E-state index in [1.807, 2.05) is 50.1 Å². The zero-order chi connectivity index (χ0) is 19.6. The van der Waals surface area contributed by atoms with Crippen molar-refractivity contribution in [3.05, 3.63) is 42.5 Å². The van der Waals surface area contributed by atoms with E-state index in [1.165, 1.54) is 6.33 Å². The van der Waals surface area contributed by atoms with Gasteiger partial charge < -0.3 is 0 Å². The number of carbonyl (C=O) groups is 3. The Hall–Kier alpha value is -3.07. The van der Waals surface area contributed by atoms with Gasteiger partial charge in [-0.25, -0.2) is 19.4 Å². The highest BCUT2D eigenvalue weighted by Gasteiger charge is 2.44. The molecule has 27 heavy (non-hydrogen) atoms. The molecule has 1 aromatic carbocycles. The molecule has 4 amide bonds. The highest BCUT2D eigenvalue weighted by atomic mass is 16.2. The van der Waals surface area contributed by atoms with E-state index in [1.54, 1.807) is 11.0 Å². The molecule has 1 saturated heterocycles. The summed E-state index contributed by atoms with van der Waals surface area (Å²) in [7, 11) is 1.81. The summed E-state index contributed by atoms with van der Waals surface area (Å²) in [6.45, 7) is 4.13. The number of aromatic nitrogens is 3. The van der Waals surface area contributed by atoms with Crippen LogP contribution in [-0.4, -0.2) is 67.6 Å². The van der Waals surface area contributed by atoms with Gasteiger partial charge in [-0.05, 0) is 38.1 Å². The standard InChI is InChI=1S/C18H22N6O3/c1-4-9-22-16(25)17(26)23(18(22)27)12-21(3)13(2)14-5-7-15(8-6-14)24-11-19-10-20-24/h5-8,10-11,13H,4,9,12H2,1-3H3/t13-/m1/s1. The maximum atomic E-state index is 12.4. The van der Waals surface area contributed by atoms with E-state index in [4.69, 9.17) is 0 Å². The van der Waals surface area contributed by atoms with Crippen molar-refractivity contribution in [2.45, 2.75) is 26.3 Å². The molecule has 1 aliphatic heterocycles. The minimum absolute atomic E-state index is 0.0512. The molecule has 0 radical (unpaired) electrons. The average Bonchev–Trinajstić information content (AvgIpc) is 3.28. The molecule has 1 atom stereocenters. The van der Waals surface area contributed by atoms with Crippen LogP contribution in [0.4, 0.5) is 4.79 Å². The van der Waals surface area contributed by atoms with Crippen molar-refractivity contribution in [2.24, 2.45) is 0 Å². The Morgan fingerprint density at radius 2 is 1.74 bits per heavy atom. The fourth-order valence-corrected chi connectivity index (χ4v) is 2.94. The maximum Gasteiger partial charge on any atom is 0.335 e. The molecule has 0 bridgehead atoms. The maximum absolute atomic E-state index is 12.4. The lowest BCUT2D eigenvalue weighted by molar-refractivity contribution is -0.144. The Balaban J connectivity index is 1.68. The molecule has 0 saturated carbocycles. The van der Waals surface area contributed by atoms with E-state index in [2.05, 4.69) is 10.1 Å². The zero-order valence-corrected chi connectivity index (χ0v) is 15.6. The van der Waals surface area contributed by atoms with E-state index >= 15 is 0 Å². The van der Waals surface area contributed by atoms with E-state index in [0.717, 1.165) is 21.1 Å². The smallest absolute Gasteiger partial charge is 0.282 e. The number of rotatable bonds is 7. The lowest BCUT2D eigenvalue weighted by Gasteiger charge is -2.28. The molecule has 9 nitrogen and oxygen atoms in total. The van der Waals surface area contributed by atoms with Crippen LogP contribution < -0.4 is 0 Å². The summed E-state index contributed by atoms with van der Waals surface area (Å²) in [6, 6.07) is 7.15. The summed E-state index contributed by atoms with van der Waals surface area (Å²) in [5.74, 6) is -1.52. The molecule has 2 heterocycles. The van der Waals surface area contributed by atoms with Crippen LogP contribution in [0.1, 0.15) is 31.9 Å². The van der Waals surface area contributed by atoms with E-state index < -0.39 is 17.8 Å². The van der Waals surface area contributed by atoms with Gasteiger partial charge in [0.2, 0.25) is 0 Å². The molecule has 142 valence electrons. The first kappa shape index (κ1) is 18.7. The van der Waals surface area contributed by atoms with Gasteiger partial charge in [0.25, 0.3) is 0 Å². The molecule has 1 aliphatic rings. The van der Waals surface area contributed by atoms with Crippen LogP contribution >= 0.6 is 0 Å². The SMILES string of the molecule is CCCN1C(=O)C(=O)N(CN(C)[C@H](C)c2ccc(-n3cncn3)cc2)C1=O. The highest BCUT2D eigenvalue weighted by molar-refractivity contribution is 6.44. The summed E-state index contributed by atoms with van der Waals surface area (Å²) in [5, 5.41) is 4.09. The number of hydrogen-bond acceptors (Lipinski definition) is 6. The molecule has 0 aliphatic carbocycles. The number of nitrogens with zero attached hydrogens (tertiary/aromatic N) is 6. The predicted octanol–water partition coefficient (Wildman–Crippen LogP) is 1.42. The summed E-state index contributed by atoms with van der Waals surface area (Å²) in [5.41, 5.74) is 1.90. The third-order valence-electron chi connectivity index (χ3n) is 4.67. The molecule has 0 spiro atoms. The highest BCUT2D eigenvalue weighted by Crippen LogP contribution is 2.22. The normalized spacial score (nSPS) is 15.9. The minimum Gasteiger partial charge on any atom is -0.282 e. The third-order valence-corrected chi connectivity index (χ3v) is 4.67. The molecular formula is C18H22N6O3. The Kier molecular flexibility index (Phi) is 5.31. The van der Waals surface area contributed by atoms with Gasteiger partial charge in [0.1, 0.15) is 12.7 Å². The van der Waals surface area contributed by atoms with Gasteiger partial charge in [-0.15, -0.1) is 0 Å². The topological polar surface area (TPSA) is 91.6 Å². The lowest BCUT2D eigenvalue weighted by Crippen LogP contribution is -2.41. The molecule has 2 aromatic rings. The largest absolute Gasteiger partial charge is 0.335 e. The fraction of sp³-hybridized carbons (Fsp3) is 0.389. The first-order chi connectivity index (χ1) is 12.9. The van der Waals surface area contributed by atoms with Gasteiger partial charge >= 0.3 is 17.8 Å². The van der Waals surface area contributed by atoms with Crippen molar-refractivity contribution in [3.63, 3.8) is 0 Å². The first-order valence-electron chi connectivity index (χ1n) is 8.76. The van der Waals surface area contributed by atoms with Crippen LogP contribution in [-0.2, 0) is 9.59 Å². The minimum atomic E-state index is -0.769. The summed E-state index contributed by atoms with van der Waals surface area (Å²) in [6.07, 6.45) is 3.70. The Labute approximate surface area is 157 Å². The monoisotopic (exact) mass is 370 g/mol. The predicted molar refractivity (Wildman–Crippen MR) is 96.7 cm³/mol. The molecular weight excluding hydrogens is 348 g/mol. The second-order valence-corrected chi connectivity index (χ2v) is 6.48. The van der Waals surface area contributed by atoms with Gasteiger partial charge in [0, 0.05) is 12.6 Å². The van der Waals surface area contributed by atoms with Crippen LogP contribution in [0.15, 0.2) is 36.9 Å². The van der Waals surface area contributed by atoms with Gasteiger partial charge in [-0.2, -0.15) is 5.10 Å². The number of amides is 4. The van der Waals surface area contributed by atoms with E-state index in [0.29, 0.717) is 6.42 Å². The summed E-state index contributed by atoms with van der Waals surface area (Å²) < 4.78 is 1.66. The van der Waals surface area contributed by atoms with E-state index in [-0.39, 0.29) is 19.3 Å². The van der Waals surface area contributed by atoms with E-state index in [9.17, 15) is 14.4 Å². The summed E-state index contributed by atoms with van der Waals surface area (Å²) in [4.78, 5) is 44.2. The number of imide groups is 2. The fourth-order valence-electron chi connectivity index (χ4n) is 2.94. The lowest BCUT2D eigenvalue weighted by atomic mass is 10.1. The van der Waals surface area contributed by atoms with Gasteiger partial charge in [0.15, 0.2) is 0 Å². The summed E-state index contributed by atoms with van der Waals surface area (Å²) >= 11 is 0. The quantitative estimate of drug-likeness (QED) is 0.541. The van der Waals surface area contributed by atoms with Crippen molar-refractivity contribution in [1.82, 2.24) is 29.5 Å². The third kappa shape index (κ3) is 3.59. The molecule has 1 fully saturated rings. The number of hydrogen-bond donors (Lipinski definition) is 0. The zero-order valence-electron chi connectivity index (χ0n) is 15.6. The van der Waals surface area contributed by atoms with Gasteiger partial charge in [-0.3, -0.25) is 19.4 Å². The van der Waals surface area contributed by atoms with Crippen LogP contribution in [0.5, 0.6) is 0 Å². The van der Waals surface area contributed by atoms with Crippen LogP contribution in [0.25, 0.3) is 5.69 Å². The van der Waals surface area contributed by atoms with Crippen molar-refractivity contribution >= 4 is 17.8 Å². The van der Waals surface area contributed by atoms with Crippen LogP contribution in [0.3, 0.4) is 0 Å². The second kappa shape index (κ2) is 7.67. The van der Waals surface area contributed by atoms with Gasteiger partial charge in [0.05, 0.1) is 12.4 Å². The Morgan fingerprint density at radius 1 is 1.07 bits per heavy atom. The van der Waals surface area contributed by atoms with Crippen molar-refractivity contribution in [2.75, 3.05) is 20.3 Å². The number of urea groups is 1. The molecule has 1 aromatic heterocycles. The van der Waals surface area contributed by atoms with Crippen molar-refractivity contribution in [1.29, 1.82) is 0 Å². The molecule has 9 heteroatoms. The Morgan fingerprint density at radius 3 is 2.33 bits per heavy atom. The molecule has 0 unspecified atom stereocenters. The van der Waals surface area contributed by atoms with Crippen molar-refractivity contribution in [3.8, 4) is 5.69 Å². The Bertz CT molecular complexity index is 833. The first-order valence-corrected chi connectivity index (χ1v) is 8.76.